The van der Waals surface area contributed by atoms with Crippen LogP contribution in [-0.4, -0.2) is 37.9 Å². The number of methoxy groups -OCH3 is 1. The van der Waals surface area contributed by atoms with Crippen molar-refractivity contribution in [3.05, 3.63) is 0 Å². The van der Waals surface area contributed by atoms with Crippen LogP contribution in [0.3, 0.4) is 0 Å². The summed E-state index contributed by atoms with van der Waals surface area (Å²) in [4.78, 5) is 10.2. The zero-order chi connectivity index (χ0) is 7.28. The van der Waals surface area contributed by atoms with Gasteiger partial charge in [0, 0.05) is 13.7 Å². The number of nitrogens with one attached hydrogen (secondary N) is 1. The van der Waals surface area contributed by atoms with Gasteiger partial charge in [-0.25, -0.2) is 4.79 Å². The predicted molar refractivity (Wildman–Crippen MR) is 32.4 cm³/mol. The minimum atomic E-state index is -0.938. The van der Waals surface area contributed by atoms with Crippen LogP contribution in [0.1, 0.15) is 0 Å². The molecule has 54 valence electrons. The maximum Gasteiger partial charge on any atom is 0.334 e. The van der Waals surface area contributed by atoms with Crippen LogP contribution < -0.4 is 5.32 Å². The monoisotopic (exact) mass is 133 g/mol. The van der Waals surface area contributed by atoms with Crippen LogP contribution in [0.15, 0.2) is 0 Å². The molecule has 1 unspecified atom stereocenters. The van der Waals surface area contributed by atoms with E-state index in [1.54, 1.807) is 7.05 Å². The Morgan fingerprint density at radius 2 is 2.44 bits per heavy atom. The van der Waals surface area contributed by atoms with E-state index in [4.69, 9.17) is 5.11 Å². The summed E-state index contributed by atoms with van der Waals surface area (Å²) in [5.41, 5.74) is 0. The molecule has 9 heavy (non-hydrogen) atoms. The smallest absolute Gasteiger partial charge is 0.334 e. The summed E-state index contributed by atoms with van der Waals surface area (Å²) in [6, 6.07) is 0. The highest BCUT2D eigenvalue weighted by molar-refractivity contribution is 5.72. The van der Waals surface area contributed by atoms with Crippen molar-refractivity contribution in [2.24, 2.45) is 0 Å². The standard InChI is InChI=1S/C5H11NO3/c1-6-3-4(9-2)5(7)8/h4,6H,3H2,1-2H3,(H,7,8). The van der Waals surface area contributed by atoms with Crippen molar-refractivity contribution in [2.45, 2.75) is 6.10 Å². The third-order valence-corrected chi connectivity index (χ3v) is 0.949. The van der Waals surface area contributed by atoms with Crippen molar-refractivity contribution in [1.82, 2.24) is 5.32 Å². The summed E-state index contributed by atoms with van der Waals surface area (Å²) in [7, 11) is 3.05. The molecule has 1 atom stereocenters. The molecule has 0 aliphatic carbocycles. The first-order chi connectivity index (χ1) is 4.22. The van der Waals surface area contributed by atoms with E-state index < -0.39 is 12.1 Å². The average molecular weight is 133 g/mol. The maximum atomic E-state index is 10.2. The SMILES string of the molecule is CNCC(OC)C(=O)O. The molecule has 0 fully saturated rings. The van der Waals surface area contributed by atoms with Crippen LogP contribution in [-0.2, 0) is 9.53 Å². The molecule has 0 saturated carbocycles. The van der Waals surface area contributed by atoms with Gasteiger partial charge in [0.1, 0.15) is 0 Å². The Kier molecular flexibility index (Phi) is 4.00. The van der Waals surface area contributed by atoms with E-state index in [-0.39, 0.29) is 0 Å². The molecule has 0 aliphatic rings. The quantitative estimate of drug-likeness (QED) is 0.532. The second kappa shape index (κ2) is 4.29. The van der Waals surface area contributed by atoms with E-state index >= 15 is 0 Å². The Hall–Kier alpha value is -0.610. The molecule has 0 aromatic rings. The van der Waals surface area contributed by atoms with Crippen LogP contribution in [0.4, 0.5) is 0 Å². The Balaban J connectivity index is 3.54. The molecule has 4 nitrogen and oxygen atoms in total. The topological polar surface area (TPSA) is 58.6 Å². The normalized spacial score (nSPS) is 13.1. The van der Waals surface area contributed by atoms with Crippen LogP contribution in [0.25, 0.3) is 0 Å². The number of carboxylic acids is 1. The third-order valence-electron chi connectivity index (χ3n) is 0.949. The summed E-state index contributed by atoms with van der Waals surface area (Å²) in [5, 5.41) is 11.0. The Morgan fingerprint density at radius 3 is 2.56 bits per heavy atom. The predicted octanol–water partition coefficient (Wildman–Crippen LogP) is -0.695. The zero-order valence-corrected chi connectivity index (χ0v) is 5.55. The number of hydrogen-bond acceptors (Lipinski definition) is 3. The van der Waals surface area contributed by atoms with Crippen LogP contribution in [0.2, 0.25) is 0 Å². The molecular weight excluding hydrogens is 122 g/mol. The molecule has 0 aromatic carbocycles. The van der Waals surface area contributed by atoms with Gasteiger partial charge in [-0.15, -0.1) is 0 Å². The van der Waals surface area contributed by atoms with Crippen molar-refractivity contribution >= 4 is 5.97 Å². The van der Waals surface area contributed by atoms with Gasteiger partial charge in [-0.2, -0.15) is 0 Å². The van der Waals surface area contributed by atoms with Crippen molar-refractivity contribution in [2.75, 3.05) is 20.7 Å². The first-order valence-electron chi connectivity index (χ1n) is 2.62. The molecule has 0 rings (SSSR count). The van der Waals surface area contributed by atoms with Crippen LogP contribution >= 0.6 is 0 Å². The fourth-order valence-corrected chi connectivity index (χ4v) is 0.457. The minimum Gasteiger partial charge on any atom is -0.479 e. The van der Waals surface area contributed by atoms with E-state index in [2.05, 4.69) is 10.1 Å². The van der Waals surface area contributed by atoms with E-state index in [1.807, 2.05) is 0 Å². The maximum absolute atomic E-state index is 10.2. The van der Waals surface area contributed by atoms with Gasteiger partial charge in [-0.3, -0.25) is 0 Å². The van der Waals surface area contributed by atoms with Gasteiger partial charge in [0.25, 0.3) is 0 Å². The van der Waals surface area contributed by atoms with E-state index in [0.29, 0.717) is 6.54 Å². The van der Waals surface area contributed by atoms with E-state index in [9.17, 15) is 4.79 Å². The highest BCUT2D eigenvalue weighted by Crippen LogP contribution is 1.85. The number of carboxylic acid groups (broad SMARTS) is 1. The molecule has 0 heterocycles. The molecule has 0 spiro atoms. The van der Waals surface area contributed by atoms with Crippen molar-refractivity contribution < 1.29 is 14.6 Å². The Morgan fingerprint density at radius 1 is 1.89 bits per heavy atom. The van der Waals surface area contributed by atoms with Gasteiger partial charge in [-0.05, 0) is 7.05 Å². The molecule has 4 heteroatoms. The fourth-order valence-electron chi connectivity index (χ4n) is 0.457. The summed E-state index contributed by atoms with van der Waals surface area (Å²) in [6.07, 6.45) is -0.727. The molecule has 2 N–H and O–H groups in total. The molecule has 0 saturated heterocycles. The Bertz CT molecular complexity index is 94.2. The summed E-state index contributed by atoms with van der Waals surface area (Å²) >= 11 is 0. The third kappa shape index (κ3) is 3.05. The van der Waals surface area contributed by atoms with Gasteiger partial charge in [-0.1, -0.05) is 0 Å². The van der Waals surface area contributed by atoms with Crippen LogP contribution in [0.5, 0.6) is 0 Å². The van der Waals surface area contributed by atoms with E-state index in [1.165, 1.54) is 7.11 Å². The second-order valence-corrected chi connectivity index (χ2v) is 1.62. The van der Waals surface area contributed by atoms with Crippen molar-refractivity contribution in [1.29, 1.82) is 0 Å². The molecule has 0 bridgehead atoms. The second-order valence-electron chi connectivity index (χ2n) is 1.62. The van der Waals surface area contributed by atoms with Crippen LogP contribution in [0, 0.1) is 0 Å². The molecular formula is C5H11NO3. The lowest BCUT2D eigenvalue weighted by Gasteiger charge is -2.07. The lowest BCUT2D eigenvalue weighted by Crippen LogP contribution is -2.32. The molecule has 0 aliphatic heterocycles. The average Bonchev–Trinajstić information content (AvgIpc) is 1.82. The molecule has 0 radical (unpaired) electrons. The van der Waals surface area contributed by atoms with Crippen molar-refractivity contribution in [3.8, 4) is 0 Å². The molecule has 0 amide bonds. The molecule has 0 aromatic heterocycles. The van der Waals surface area contributed by atoms with Crippen molar-refractivity contribution in [3.63, 3.8) is 0 Å². The van der Waals surface area contributed by atoms with Gasteiger partial charge in [0.05, 0.1) is 0 Å². The fraction of sp³-hybridized carbons (Fsp3) is 0.800. The zero-order valence-electron chi connectivity index (χ0n) is 5.55. The first kappa shape index (κ1) is 8.39. The number of hydrogen-bond donors (Lipinski definition) is 2. The highest BCUT2D eigenvalue weighted by atomic mass is 16.5. The number of carbonyl (C=O) groups is 1. The van der Waals surface area contributed by atoms with Gasteiger partial charge >= 0.3 is 5.97 Å². The highest BCUT2D eigenvalue weighted by Gasteiger charge is 2.13. The summed E-state index contributed by atoms with van der Waals surface area (Å²) < 4.78 is 4.59. The number of ether oxygens (including phenoxy) is 1. The van der Waals surface area contributed by atoms with E-state index in [0.717, 1.165) is 0 Å². The Labute approximate surface area is 53.8 Å². The van der Waals surface area contributed by atoms with Gasteiger partial charge in [0.2, 0.25) is 0 Å². The number of likely N-dealkylation sites (N-methyl/N-ethyl adjacent to an activating group) is 1. The largest absolute Gasteiger partial charge is 0.479 e. The lowest BCUT2D eigenvalue weighted by molar-refractivity contribution is -0.148. The number of rotatable bonds is 4. The summed E-state index contributed by atoms with van der Waals surface area (Å²) in [6.45, 7) is 0.339. The lowest BCUT2D eigenvalue weighted by atomic mass is 10.3. The number of aliphatic carboxylic acids is 1. The van der Waals surface area contributed by atoms with Gasteiger partial charge in [0.15, 0.2) is 6.10 Å². The first-order valence-corrected chi connectivity index (χ1v) is 2.62. The summed E-state index contributed by atoms with van der Waals surface area (Å²) in [5.74, 6) is -0.938. The van der Waals surface area contributed by atoms with Gasteiger partial charge < -0.3 is 15.2 Å². The minimum absolute atomic E-state index is 0.339.